The van der Waals surface area contributed by atoms with Crippen molar-refractivity contribution in [1.29, 1.82) is 0 Å². The van der Waals surface area contributed by atoms with Crippen LogP contribution in [0.15, 0.2) is 29.2 Å². The summed E-state index contributed by atoms with van der Waals surface area (Å²) in [4.78, 5) is 34.7. The van der Waals surface area contributed by atoms with E-state index in [0.717, 1.165) is 0 Å². The fourth-order valence-corrected chi connectivity index (χ4v) is 3.01. The molecule has 28 heavy (non-hydrogen) atoms. The van der Waals surface area contributed by atoms with Crippen molar-refractivity contribution in [1.82, 2.24) is 15.4 Å². The Morgan fingerprint density at radius 1 is 1.11 bits per heavy atom. The Labute approximate surface area is 164 Å². The topological polar surface area (TPSA) is 140 Å². The SMILES string of the molecule is CCNC(=O)NC(=O)[C@@H](C)OC(=O)CCNS(=O)(=O)c1ccc(OCC)cc1. The molecule has 10 nitrogen and oxygen atoms in total. The molecule has 0 unspecified atom stereocenters. The molecule has 0 aliphatic carbocycles. The van der Waals surface area contributed by atoms with Gasteiger partial charge >= 0.3 is 12.0 Å². The third-order valence-electron chi connectivity index (χ3n) is 3.32. The lowest BCUT2D eigenvalue weighted by molar-refractivity contribution is -0.154. The average molecular weight is 415 g/mol. The highest BCUT2D eigenvalue weighted by atomic mass is 32.2. The van der Waals surface area contributed by atoms with Crippen molar-refractivity contribution in [2.45, 2.75) is 38.2 Å². The molecule has 0 saturated heterocycles. The van der Waals surface area contributed by atoms with Crippen molar-refractivity contribution in [3.63, 3.8) is 0 Å². The first kappa shape index (κ1) is 23.4. The minimum absolute atomic E-state index is 0.0269. The smallest absolute Gasteiger partial charge is 0.321 e. The summed E-state index contributed by atoms with van der Waals surface area (Å²) in [5, 5.41) is 4.38. The van der Waals surface area contributed by atoms with E-state index < -0.39 is 34.0 Å². The van der Waals surface area contributed by atoms with Crippen LogP contribution in [-0.2, 0) is 24.3 Å². The Morgan fingerprint density at radius 3 is 2.32 bits per heavy atom. The van der Waals surface area contributed by atoms with Crippen LogP contribution in [-0.4, -0.2) is 52.1 Å². The molecule has 156 valence electrons. The van der Waals surface area contributed by atoms with Crippen LogP contribution in [0.5, 0.6) is 5.75 Å². The second-order valence-electron chi connectivity index (χ2n) is 5.53. The van der Waals surface area contributed by atoms with Gasteiger partial charge in [-0.1, -0.05) is 0 Å². The number of rotatable bonds is 10. The second-order valence-corrected chi connectivity index (χ2v) is 7.30. The van der Waals surface area contributed by atoms with Crippen molar-refractivity contribution in [3.8, 4) is 5.75 Å². The molecular weight excluding hydrogens is 390 g/mol. The van der Waals surface area contributed by atoms with Gasteiger partial charge in [-0.2, -0.15) is 0 Å². The molecule has 1 rings (SSSR count). The van der Waals surface area contributed by atoms with Crippen LogP contribution in [0, 0.1) is 0 Å². The zero-order valence-electron chi connectivity index (χ0n) is 16.0. The lowest BCUT2D eigenvalue weighted by Crippen LogP contribution is -2.44. The summed E-state index contributed by atoms with van der Waals surface area (Å²) in [7, 11) is -3.80. The molecule has 11 heteroatoms. The van der Waals surface area contributed by atoms with Crippen LogP contribution in [0.3, 0.4) is 0 Å². The number of sulfonamides is 1. The number of ether oxygens (including phenoxy) is 2. The van der Waals surface area contributed by atoms with Crippen molar-refractivity contribution >= 4 is 27.9 Å². The number of hydrogen-bond acceptors (Lipinski definition) is 7. The molecule has 0 fully saturated rings. The first-order chi connectivity index (χ1) is 13.2. The number of carbonyl (C=O) groups excluding carboxylic acids is 3. The molecule has 0 bridgehead atoms. The minimum Gasteiger partial charge on any atom is -0.494 e. The van der Waals surface area contributed by atoms with Crippen LogP contribution >= 0.6 is 0 Å². The summed E-state index contributed by atoms with van der Waals surface area (Å²) < 4.78 is 36.8. The summed E-state index contributed by atoms with van der Waals surface area (Å²) >= 11 is 0. The van der Waals surface area contributed by atoms with E-state index in [-0.39, 0.29) is 17.9 Å². The van der Waals surface area contributed by atoms with Gasteiger partial charge in [-0.05, 0) is 45.0 Å². The van der Waals surface area contributed by atoms with Gasteiger partial charge in [-0.15, -0.1) is 0 Å². The van der Waals surface area contributed by atoms with E-state index in [1.165, 1.54) is 31.2 Å². The maximum Gasteiger partial charge on any atom is 0.321 e. The molecular formula is C17H25N3O7S. The average Bonchev–Trinajstić information content (AvgIpc) is 2.62. The number of benzene rings is 1. The van der Waals surface area contributed by atoms with Gasteiger partial charge < -0.3 is 14.8 Å². The van der Waals surface area contributed by atoms with E-state index in [9.17, 15) is 22.8 Å². The molecule has 0 aliphatic rings. The fraction of sp³-hybridized carbons (Fsp3) is 0.471. The van der Waals surface area contributed by atoms with E-state index in [0.29, 0.717) is 18.9 Å². The van der Waals surface area contributed by atoms with Gasteiger partial charge in [0.2, 0.25) is 10.0 Å². The normalized spacial score (nSPS) is 12.0. The van der Waals surface area contributed by atoms with E-state index in [4.69, 9.17) is 9.47 Å². The van der Waals surface area contributed by atoms with Gasteiger partial charge in [-0.25, -0.2) is 17.9 Å². The van der Waals surface area contributed by atoms with Gasteiger partial charge in [0.25, 0.3) is 5.91 Å². The van der Waals surface area contributed by atoms with Crippen LogP contribution in [0.25, 0.3) is 0 Å². The standard InChI is InChI=1S/C17H25N3O7S/c1-4-18-17(23)20-16(22)12(3)27-15(21)10-11-19-28(24,25)14-8-6-13(7-9-14)26-5-2/h6-9,12,19H,4-5,10-11H2,1-3H3,(H2,18,20,22,23)/t12-/m1/s1. The Hall–Kier alpha value is -2.66. The molecule has 0 aliphatic heterocycles. The summed E-state index contributed by atoms with van der Waals surface area (Å²) in [5.41, 5.74) is 0. The van der Waals surface area contributed by atoms with Gasteiger partial charge in [-0.3, -0.25) is 14.9 Å². The van der Waals surface area contributed by atoms with Crippen molar-refractivity contribution < 1.29 is 32.3 Å². The summed E-state index contributed by atoms with van der Waals surface area (Å²) in [5.74, 6) is -1.02. The first-order valence-corrected chi connectivity index (χ1v) is 10.2. The summed E-state index contributed by atoms with van der Waals surface area (Å²) in [6.45, 7) is 5.39. The third kappa shape index (κ3) is 7.92. The summed E-state index contributed by atoms with van der Waals surface area (Å²) in [6.07, 6.45) is -1.48. The lowest BCUT2D eigenvalue weighted by atomic mass is 10.3. The quantitative estimate of drug-likeness (QED) is 0.474. The maximum atomic E-state index is 12.2. The highest BCUT2D eigenvalue weighted by molar-refractivity contribution is 7.89. The molecule has 0 heterocycles. The predicted octanol–water partition coefficient (Wildman–Crippen LogP) is 0.531. The number of amides is 3. The molecule has 0 saturated carbocycles. The summed E-state index contributed by atoms with van der Waals surface area (Å²) in [6, 6.07) is 5.14. The molecule has 3 N–H and O–H groups in total. The molecule has 0 aromatic heterocycles. The Balaban J connectivity index is 2.45. The molecule has 3 amide bonds. The number of nitrogens with one attached hydrogen (secondary N) is 3. The molecule has 1 aromatic rings. The molecule has 0 radical (unpaired) electrons. The van der Waals surface area contributed by atoms with Crippen molar-refractivity contribution in [3.05, 3.63) is 24.3 Å². The second kappa shape index (κ2) is 11.2. The van der Waals surface area contributed by atoms with Crippen molar-refractivity contribution in [2.24, 2.45) is 0 Å². The Morgan fingerprint density at radius 2 is 1.75 bits per heavy atom. The predicted molar refractivity (Wildman–Crippen MR) is 100 cm³/mol. The van der Waals surface area contributed by atoms with Gasteiger partial charge in [0.15, 0.2) is 6.10 Å². The minimum atomic E-state index is -3.80. The monoisotopic (exact) mass is 415 g/mol. The number of hydrogen-bond donors (Lipinski definition) is 3. The van der Waals surface area contributed by atoms with Gasteiger partial charge in [0, 0.05) is 13.1 Å². The van der Waals surface area contributed by atoms with Gasteiger partial charge in [0.1, 0.15) is 5.75 Å². The largest absolute Gasteiger partial charge is 0.494 e. The van der Waals surface area contributed by atoms with Crippen LogP contribution in [0.2, 0.25) is 0 Å². The number of urea groups is 1. The Bertz CT molecular complexity index is 778. The van der Waals surface area contributed by atoms with Gasteiger partial charge in [0.05, 0.1) is 17.9 Å². The molecule has 1 aromatic carbocycles. The Kier molecular flexibility index (Phi) is 9.39. The fourth-order valence-electron chi connectivity index (χ4n) is 1.98. The highest BCUT2D eigenvalue weighted by Crippen LogP contribution is 2.15. The van der Waals surface area contributed by atoms with E-state index in [1.807, 2.05) is 12.2 Å². The zero-order chi connectivity index (χ0) is 21.2. The lowest BCUT2D eigenvalue weighted by Gasteiger charge is -2.13. The van der Waals surface area contributed by atoms with E-state index in [2.05, 4.69) is 10.0 Å². The van der Waals surface area contributed by atoms with E-state index in [1.54, 1.807) is 6.92 Å². The first-order valence-electron chi connectivity index (χ1n) is 8.70. The number of carbonyl (C=O) groups is 3. The van der Waals surface area contributed by atoms with Crippen molar-refractivity contribution in [2.75, 3.05) is 19.7 Å². The molecule has 1 atom stereocenters. The van der Waals surface area contributed by atoms with Crippen LogP contribution < -0.4 is 20.1 Å². The number of imide groups is 1. The zero-order valence-corrected chi connectivity index (χ0v) is 16.8. The van der Waals surface area contributed by atoms with E-state index >= 15 is 0 Å². The molecule has 0 spiro atoms. The van der Waals surface area contributed by atoms with Crippen LogP contribution in [0.1, 0.15) is 27.2 Å². The highest BCUT2D eigenvalue weighted by Gasteiger charge is 2.20. The third-order valence-corrected chi connectivity index (χ3v) is 4.79. The maximum absolute atomic E-state index is 12.2. The van der Waals surface area contributed by atoms with Crippen LogP contribution in [0.4, 0.5) is 4.79 Å². The number of esters is 1.